The van der Waals surface area contributed by atoms with E-state index in [4.69, 9.17) is 11.6 Å². The highest BCUT2D eigenvalue weighted by Gasteiger charge is 2.30. The molecule has 0 heterocycles. The number of nitrogens with one attached hydrogen (secondary N) is 2. The minimum atomic E-state index is -4.54. The standard InChI is InChI=1S/C18H13ClF4N2O2S/c19-13-7-6-12(18(21,22)23)9-11(13)5-8-16(26)24-25-17(27)10-28-15-4-2-1-3-14(15)20/h1-9H,10H2,(H,24,26)(H,25,27)/b8-5+. The molecule has 148 valence electrons. The molecule has 2 aromatic carbocycles. The Morgan fingerprint density at radius 2 is 1.82 bits per heavy atom. The molecule has 0 spiro atoms. The van der Waals surface area contributed by atoms with Crippen LogP contribution in [0.2, 0.25) is 5.02 Å². The van der Waals surface area contributed by atoms with E-state index >= 15 is 0 Å². The van der Waals surface area contributed by atoms with E-state index in [1.54, 1.807) is 6.07 Å². The summed E-state index contributed by atoms with van der Waals surface area (Å²) in [4.78, 5) is 23.7. The summed E-state index contributed by atoms with van der Waals surface area (Å²) in [5.41, 5.74) is 3.27. The van der Waals surface area contributed by atoms with Gasteiger partial charge in [-0.3, -0.25) is 20.4 Å². The van der Waals surface area contributed by atoms with Gasteiger partial charge in [-0.15, -0.1) is 11.8 Å². The molecule has 2 amide bonds. The average Bonchev–Trinajstić information content (AvgIpc) is 2.64. The number of hydrogen-bond acceptors (Lipinski definition) is 3. The molecule has 0 saturated carbocycles. The summed E-state index contributed by atoms with van der Waals surface area (Å²) in [6.07, 6.45) is -2.53. The molecule has 2 rings (SSSR count). The van der Waals surface area contributed by atoms with Crippen molar-refractivity contribution in [3.05, 3.63) is 70.5 Å². The van der Waals surface area contributed by atoms with E-state index in [2.05, 4.69) is 10.9 Å². The number of hydrazine groups is 1. The van der Waals surface area contributed by atoms with Crippen molar-refractivity contribution >= 4 is 41.3 Å². The Hall–Kier alpha value is -2.52. The summed E-state index contributed by atoms with van der Waals surface area (Å²) < 4.78 is 51.6. The van der Waals surface area contributed by atoms with Crippen LogP contribution in [0.1, 0.15) is 11.1 Å². The van der Waals surface area contributed by atoms with E-state index in [1.165, 1.54) is 18.2 Å². The molecule has 4 nitrogen and oxygen atoms in total. The average molecular weight is 433 g/mol. The fourth-order valence-corrected chi connectivity index (χ4v) is 2.85. The highest BCUT2D eigenvalue weighted by Crippen LogP contribution is 2.32. The lowest BCUT2D eigenvalue weighted by Crippen LogP contribution is -2.41. The molecule has 0 bridgehead atoms. The Labute approximate surface area is 166 Å². The lowest BCUT2D eigenvalue weighted by molar-refractivity contribution is -0.137. The number of carbonyl (C=O) groups excluding carboxylic acids is 2. The van der Waals surface area contributed by atoms with Gasteiger partial charge in [0, 0.05) is 16.0 Å². The van der Waals surface area contributed by atoms with Crippen LogP contribution in [-0.4, -0.2) is 17.6 Å². The van der Waals surface area contributed by atoms with Gasteiger partial charge < -0.3 is 0 Å². The number of amides is 2. The van der Waals surface area contributed by atoms with Crippen LogP contribution in [0.5, 0.6) is 0 Å². The topological polar surface area (TPSA) is 58.2 Å². The fraction of sp³-hybridized carbons (Fsp3) is 0.111. The predicted octanol–water partition coefficient (Wildman–Crippen LogP) is 4.45. The van der Waals surface area contributed by atoms with Gasteiger partial charge in [0.05, 0.1) is 11.3 Å². The quantitative estimate of drug-likeness (QED) is 0.317. The van der Waals surface area contributed by atoms with Gasteiger partial charge in [-0.25, -0.2) is 4.39 Å². The normalized spacial score (nSPS) is 11.5. The van der Waals surface area contributed by atoms with Gasteiger partial charge in [0.2, 0.25) is 5.91 Å². The highest BCUT2D eigenvalue weighted by atomic mass is 35.5. The number of carbonyl (C=O) groups is 2. The molecule has 0 saturated heterocycles. The molecule has 2 aromatic rings. The monoisotopic (exact) mass is 432 g/mol. The number of hydrogen-bond donors (Lipinski definition) is 2. The molecule has 10 heteroatoms. The smallest absolute Gasteiger partial charge is 0.272 e. The first-order valence-electron chi connectivity index (χ1n) is 7.68. The summed E-state index contributed by atoms with van der Waals surface area (Å²) in [5, 5.41) is 0.0300. The summed E-state index contributed by atoms with van der Waals surface area (Å²) >= 11 is 6.76. The molecular weight excluding hydrogens is 420 g/mol. The summed E-state index contributed by atoms with van der Waals surface area (Å²) in [7, 11) is 0. The highest BCUT2D eigenvalue weighted by molar-refractivity contribution is 8.00. The van der Waals surface area contributed by atoms with Crippen molar-refractivity contribution in [1.82, 2.24) is 10.9 Å². The predicted molar refractivity (Wildman–Crippen MR) is 98.9 cm³/mol. The maximum atomic E-state index is 13.4. The van der Waals surface area contributed by atoms with Crippen molar-refractivity contribution in [3.63, 3.8) is 0 Å². The summed E-state index contributed by atoms with van der Waals surface area (Å²) in [6, 6.07) is 8.60. The zero-order valence-electron chi connectivity index (χ0n) is 14.0. The molecule has 0 radical (unpaired) electrons. The van der Waals surface area contributed by atoms with Crippen LogP contribution < -0.4 is 10.9 Å². The second-order valence-electron chi connectivity index (χ2n) is 5.32. The minimum absolute atomic E-state index is 0.00641. The SMILES string of the molecule is O=C(/C=C/c1cc(C(F)(F)F)ccc1Cl)NNC(=O)CSc1ccccc1F. The van der Waals surface area contributed by atoms with Crippen molar-refractivity contribution in [2.24, 2.45) is 0 Å². The minimum Gasteiger partial charge on any atom is -0.272 e. The van der Waals surface area contributed by atoms with Crippen LogP contribution in [0.25, 0.3) is 6.08 Å². The van der Waals surface area contributed by atoms with Crippen molar-refractivity contribution in [2.45, 2.75) is 11.1 Å². The molecule has 0 aliphatic heterocycles. The van der Waals surface area contributed by atoms with Gasteiger partial charge in [-0.1, -0.05) is 23.7 Å². The first-order chi connectivity index (χ1) is 13.2. The number of rotatable bonds is 5. The number of benzene rings is 2. The number of thioether (sulfide) groups is 1. The third kappa shape index (κ3) is 6.58. The van der Waals surface area contributed by atoms with Crippen molar-refractivity contribution in [1.29, 1.82) is 0 Å². The van der Waals surface area contributed by atoms with Gasteiger partial charge in [0.1, 0.15) is 5.82 Å². The maximum absolute atomic E-state index is 13.4. The summed E-state index contributed by atoms with van der Waals surface area (Å²) in [5.74, 6) is -1.99. The lowest BCUT2D eigenvalue weighted by atomic mass is 10.1. The van der Waals surface area contributed by atoms with Gasteiger partial charge >= 0.3 is 6.18 Å². The Bertz CT molecular complexity index is 903. The van der Waals surface area contributed by atoms with Gasteiger partial charge in [-0.2, -0.15) is 13.2 Å². The molecule has 0 fully saturated rings. The van der Waals surface area contributed by atoms with Crippen molar-refractivity contribution in [2.75, 3.05) is 5.75 Å². The van der Waals surface area contributed by atoms with Gasteiger partial charge in [0.15, 0.2) is 0 Å². The van der Waals surface area contributed by atoms with E-state index in [1.807, 2.05) is 0 Å². The van der Waals surface area contributed by atoms with Crippen LogP contribution in [0.4, 0.5) is 17.6 Å². The second-order valence-corrected chi connectivity index (χ2v) is 6.75. The van der Waals surface area contributed by atoms with Crippen molar-refractivity contribution in [3.8, 4) is 0 Å². The van der Waals surface area contributed by atoms with E-state index in [9.17, 15) is 27.2 Å². The van der Waals surface area contributed by atoms with E-state index < -0.39 is 29.4 Å². The molecule has 0 aliphatic rings. The molecular formula is C18H13ClF4N2O2S. The van der Waals surface area contributed by atoms with Crippen LogP contribution >= 0.6 is 23.4 Å². The van der Waals surface area contributed by atoms with Gasteiger partial charge in [0.25, 0.3) is 5.91 Å². The third-order valence-corrected chi connectivity index (χ3v) is 4.65. The Morgan fingerprint density at radius 1 is 1.11 bits per heavy atom. The van der Waals surface area contributed by atoms with Gasteiger partial charge in [-0.05, 0) is 42.0 Å². The zero-order valence-corrected chi connectivity index (χ0v) is 15.6. The zero-order chi connectivity index (χ0) is 20.7. The number of alkyl halides is 3. The molecule has 28 heavy (non-hydrogen) atoms. The Morgan fingerprint density at radius 3 is 2.50 bits per heavy atom. The van der Waals surface area contributed by atoms with Crippen LogP contribution in [0, 0.1) is 5.82 Å². The Kier molecular flexibility index (Phi) is 7.47. The number of halogens is 5. The third-order valence-electron chi connectivity index (χ3n) is 3.26. The van der Waals surface area contributed by atoms with Crippen LogP contribution in [-0.2, 0) is 15.8 Å². The van der Waals surface area contributed by atoms with E-state index in [0.717, 1.165) is 42.1 Å². The molecule has 0 aromatic heterocycles. The van der Waals surface area contributed by atoms with Crippen molar-refractivity contribution < 1.29 is 27.2 Å². The lowest BCUT2D eigenvalue weighted by Gasteiger charge is -2.08. The largest absolute Gasteiger partial charge is 0.416 e. The molecule has 2 N–H and O–H groups in total. The van der Waals surface area contributed by atoms with Crippen LogP contribution in [0.15, 0.2) is 53.4 Å². The maximum Gasteiger partial charge on any atom is 0.416 e. The molecule has 0 atom stereocenters. The first kappa shape index (κ1) is 21.8. The first-order valence-corrected chi connectivity index (χ1v) is 9.04. The fourth-order valence-electron chi connectivity index (χ4n) is 1.93. The Balaban J connectivity index is 1.87. The van der Waals surface area contributed by atoms with E-state index in [0.29, 0.717) is 0 Å². The van der Waals surface area contributed by atoms with E-state index in [-0.39, 0.29) is 21.2 Å². The second kappa shape index (κ2) is 9.61. The molecule has 0 aliphatic carbocycles. The summed E-state index contributed by atoms with van der Waals surface area (Å²) in [6.45, 7) is 0. The molecule has 0 unspecified atom stereocenters. The van der Waals surface area contributed by atoms with Crippen LogP contribution in [0.3, 0.4) is 0 Å².